The zero-order valence-electron chi connectivity index (χ0n) is 9.90. The number of likely N-dealkylation sites (N-methyl/N-ethyl adjacent to an activating group) is 1. The summed E-state index contributed by atoms with van der Waals surface area (Å²) in [5, 5.41) is 3.95. The monoisotopic (exact) mass is 377 g/mol. The van der Waals surface area contributed by atoms with E-state index >= 15 is 0 Å². The van der Waals surface area contributed by atoms with Crippen LogP contribution in [0, 0.1) is 0 Å². The first-order chi connectivity index (χ1) is 8.54. The first-order valence-electron chi connectivity index (χ1n) is 5.75. The topological polar surface area (TPSA) is 55.2 Å². The third-order valence-corrected chi connectivity index (χ3v) is 4.78. The van der Waals surface area contributed by atoms with Crippen LogP contribution in [0.2, 0.25) is 0 Å². The summed E-state index contributed by atoms with van der Waals surface area (Å²) < 4.78 is 2.16. The van der Waals surface area contributed by atoms with E-state index in [0.717, 1.165) is 12.8 Å². The van der Waals surface area contributed by atoms with Crippen molar-refractivity contribution in [3.63, 3.8) is 0 Å². The van der Waals surface area contributed by atoms with Gasteiger partial charge in [0.1, 0.15) is 11.0 Å². The maximum atomic E-state index is 12.1. The number of halogens is 2. The van der Waals surface area contributed by atoms with Crippen molar-refractivity contribution in [2.24, 2.45) is 0 Å². The van der Waals surface area contributed by atoms with Gasteiger partial charge in [-0.05, 0) is 51.6 Å². The highest BCUT2D eigenvalue weighted by atomic mass is 79.9. The second-order valence-electron chi connectivity index (χ2n) is 4.18. The second-order valence-corrected chi connectivity index (χ2v) is 5.83. The molecule has 0 radical (unpaired) electrons. The SMILES string of the molecule is CCN(C(=O)Cn1ncc(Br)c(Br)c1=O)C1CC1. The molecule has 7 heteroatoms. The lowest BCUT2D eigenvalue weighted by Crippen LogP contribution is -2.38. The van der Waals surface area contributed by atoms with Gasteiger partial charge in [0.2, 0.25) is 5.91 Å². The van der Waals surface area contributed by atoms with E-state index in [2.05, 4.69) is 37.0 Å². The molecule has 0 spiro atoms. The Morgan fingerprint density at radius 1 is 1.56 bits per heavy atom. The molecule has 0 N–H and O–H groups in total. The van der Waals surface area contributed by atoms with E-state index in [4.69, 9.17) is 0 Å². The number of carbonyl (C=O) groups is 1. The molecule has 1 aliphatic carbocycles. The second kappa shape index (κ2) is 5.52. The smallest absolute Gasteiger partial charge is 0.282 e. The van der Waals surface area contributed by atoms with Crippen LogP contribution in [0.1, 0.15) is 19.8 Å². The Morgan fingerprint density at radius 3 is 2.78 bits per heavy atom. The minimum absolute atomic E-state index is 0.00491. The van der Waals surface area contributed by atoms with Crippen LogP contribution in [0.25, 0.3) is 0 Å². The number of hydrogen-bond acceptors (Lipinski definition) is 3. The van der Waals surface area contributed by atoms with Gasteiger partial charge in [-0.2, -0.15) is 5.10 Å². The molecule has 2 rings (SSSR count). The molecule has 0 saturated heterocycles. The summed E-state index contributed by atoms with van der Waals surface area (Å²) in [4.78, 5) is 25.8. The average molecular weight is 379 g/mol. The Bertz CT molecular complexity index is 526. The Hall–Kier alpha value is -0.690. The predicted molar refractivity (Wildman–Crippen MR) is 74.3 cm³/mol. The minimum Gasteiger partial charge on any atom is -0.338 e. The molecule has 98 valence electrons. The molecule has 0 unspecified atom stereocenters. The number of amides is 1. The maximum absolute atomic E-state index is 12.1. The standard InChI is InChI=1S/C11H13Br2N3O2/c1-2-15(7-3-4-7)9(17)6-16-11(18)10(13)8(12)5-14-16/h5,7H,2-4,6H2,1H3. The Morgan fingerprint density at radius 2 is 2.22 bits per heavy atom. The zero-order valence-corrected chi connectivity index (χ0v) is 13.1. The van der Waals surface area contributed by atoms with Crippen LogP contribution in [-0.2, 0) is 11.3 Å². The van der Waals surface area contributed by atoms with Crippen LogP contribution in [0.4, 0.5) is 0 Å². The quantitative estimate of drug-likeness (QED) is 0.802. The molecule has 18 heavy (non-hydrogen) atoms. The highest BCUT2D eigenvalue weighted by molar-refractivity contribution is 9.13. The van der Waals surface area contributed by atoms with Gasteiger partial charge in [-0.3, -0.25) is 9.59 Å². The Balaban J connectivity index is 2.16. The summed E-state index contributed by atoms with van der Waals surface area (Å²) in [5.74, 6) is -0.0520. The van der Waals surface area contributed by atoms with Crippen molar-refractivity contribution in [1.29, 1.82) is 0 Å². The van der Waals surface area contributed by atoms with Crippen molar-refractivity contribution in [3.05, 3.63) is 25.5 Å². The third-order valence-electron chi connectivity index (χ3n) is 2.88. The fourth-order valence-corrected chi connectivity index (χ4v) is 2.37. The summed E-state index contributed by atoms with van der Waals surface area (Å²) in [6, 6.07) is 0.358. The van der Waals surface area contributed by atoms with Crippen LogP contribution in [0.3, 0.4) is 0 Å². The van der Waals surface area contributed by atoms with Gasteiger partial charge in [0, 0.05) is 12.6 Å². The molecule has 0 bridgehead atoms. The van der Waals surface area contributed by atoms with Crippen LogP contribution in [0.5, 0.6) is 0 Å². The molecule has 1 aliphatic rings. The molecular formula is C11H13Br2N3O2. The average Bonchev–Trinajstić information content (AvgIpc) is 3.15. The first-order valence-corrected chi connectivity index (χ1v) is 7.33. The highest BCUT2D eigenvalue weighted by Crippen LogP contribution is 2.26. The molecule has 1 heterocycles. The fourth-order valence-electron chi connectivity index (χ4n) is 1.80. The van der Waals surface area contributed by atoms with Crippen molar-refractivity contribution in [2.75, 3.05) is 6.54 Å². The number of nitrogens with zero attached hydrogens (tertiary/aromatic N) is 3. The molecule has 0 atom stereocenters. The molecule has 0 aliphatic heterocycles. The fraction of sp³-hybridized carbons (Fsp3) is 0.545. The molecule has 1 aromatic rings. The first kappa shape index (κ1) is 13.7. The van der Waals surface area contributed by atoms with E-state index in [9.17, 15) is 9.59 Å². The predicted octanol–water partition coefficient (Wildman–Crippen LogP) is 1.78. The van der Waals surface area contributed by atoms with Crippen LogP contribution >= 0.6 is 31.9 Å². The van der Waals surface area contributed by atoms with Gasteiger partial charge in [-0.25, -0.2) is 4.68 Å². The summed E-state index contributed by atoms with van der Waals surface area (Å²) in [6.07, 6.45) is 3.63. The van der Waals surface area contributed by atoms with Gasteiger partial charge in [-0.1, -0.05) is 0 Å². The highest BCUT2D eigenvalue weighted by Gasteiger charge is 2.31. The largest absolute Gasteiger partial charge is 0.338 e. The lowest BCUT2D eigenvalue weighted by Gasteiger charge is -2.20. The lowest BCUT2D eigenvalue weighted by atomic mass is 10.4. The van der Waals surface area contributed by atoms with Gasteiger partial charge in [0.15, 0.2) is 0 Å². The van der Waals surface area contributed by atoms with Crippen LogP contribution in [0.15, 0.2) is 19.9 Å². The van der Waals surface area contributed by atoms with Crippen molar-refractivity contribution in [3.8, 4) is 0 Å². The maximum Gasteiger partial charge on any atom is 0.282 e. The number of hydrogen-bond donors (Lipinski definition) is 0. The van der Waals surface area contributed by atoms with Gasteiger partial charge >= 0.3 is 0 Å². The van der Waals surface area contributed by atoms with E-state index in [1.54, 1.807) is 0 Å². The van der Waals surface area contributed by atoms with Crippen molar-refractivity contribution < 1.29 is 4.79 Å². The van der Waals surface area contributed by atoms with E-state index in [-0.39, 0.29) is 18.0 Å². The normalized spacial score (nSPS) is 14.6. The lowest BCUT2D eigenvalue weighted by molar-refractivity contribution is -0.132. The molecular weight excluding hydrogens is 366 g/mol. The van der Waals surface area contributed by atoms with E-state index in [0.29, 0.717) is 21.5 Å². The summed E-state index contributed by atoms with van der Waals surface area (Å²) in [5.41, 5.74) is -0.301. The van der Waals surface area contributed by atoms with E-state index in [1.165, 1.54) is 10.9 Å². The molecule has 1 saturated carbocycles. The minimum atomic E-state index is -0.301. The molecule has 1 fully saturated rings. The van der Waals surface area contributed by atoms with Crippen LogP contribution < -0.4 is 5.56 Å². The Kier molecular flexibility index (Phi) is 4.21. The number of carbonyl (C=O) groups excluding carboxylic acids is 1. The van der Waals surface area contributed by atoms with Gasteiger partial charge < -0.3 is 4.90 Å². The zero-order chi connectivity index (χ0) is 13.3. The van der Waals surface area contributed by atoms with E-state index in [1.807, 2.05) is 11.8 Å². The van der Waals surface area contributed by atoms with Crippen molar-refractivity contribution >= 4 is 37.8 Å². The van der Waals surface area contributed by atoms with Gasteiger partial charge in [-0.15, -0.1) is 0 Å². The van der Waals surface area contributed by atoms with Gasteiger partial charge in [0.25, 0.3) is 5.56 Å². The summed E-state index contributed by atoms with van der Waals surface area (Å²) in [7, 11) is 0. The summed E-state index contributed by atoms with van der Waals surface area (Å²) in [6.45, 7) is 2.62. The number of rotatable bonds is 4. The molecule has 1 amide bonds. The van der Waals surface area contributed by atoms with Gasteiger partial charge in [0.05, 0.1) is 10.7 Å². The molecule has 5 nitrogen and oxygen atoms in total. The van der Waals surface area contributed by atoms with Crippen molar-refractivity contribution in [1.82, 2.24) is 14.7 Å². The number of aromatic nitrogens is 2. The Labute approximate surface area is 121 Å². The van der Waals surface area contributed by atoms with Crippen LogP contribution in [-0.4, -0.2) is 33.2 Å². The molecule has 0 aromatic carbocycles. The van der Waals surface area contributed by atoms with Crippen molar-refractivity contribution in [2.45, 2.75) is 32.4 Å². The molecule has 1 aromatic heterocycles. The third kappa shape index (κ3) is 2.83. The van der Waals surface area contributed by atoms with E-state index < -0.39 is 0 Å². The summed E-state index contributed by atoms with van der Waals surface area (Å²) >= 11 is 6.37.